The molecule has 1 fully saturated rings. The molecular formula is C11H20F2N2O. The predicted molar refractivity (Wildman–Crippen MR) is 58.1 cm³/mol. The van der Waals surface area contributed by atoms with E-state index in [0.717, 1.165) is 25.7 Å². The SMILES string of the molecule is CC(C(=O)NCC(F)F)C1CCCC(N)C1. The van der Waals surface area contributed by atoms with Crippen molar-refractivity contribution in [2.45, 2.75) is 45.1 Å². The Morgan fingerprint density at radius 1 is 1.50 bits per heavy atom. The summed E-state index contributed by atoms with van der Waals surface area (Å²) in [7, 11) is 0. The van der Waals surface area contributed by atoms with E-state index in [4.69, 9.17) is 5.73 Å². The molecule has 94 valence electrons. The van der Waals surface area contributed by atoms with Crippen molar-refractivity contribution in [3.63, 3.8) is 0 Å². The minimum atomic E-state index is -2.48. The lowest BCUT2D eigenvalue weighted by molar-refractivity contribution is -0.127. The third-order valence-electron chi connectivity index (χ3n) is 3.31. The third-order valence-corrected chi connectivity index (χ3v) is 3.31. The Labute approximate surface area is 94.8 Å². The van der Waals surface area contributed by atoms with Gasteiger partial charge in [-0.1, -0.05) is 13.3 Å². The number of nitrogens with one attached hydrogen (secondary N) is 1. The van der Waals surface area contributed by atoms with E-state index in [1.165, 1.54) is 0 Å². The summed E-state index contributed by atoms with van der Waals surface area (Å²) in [6, 6.07) is 0.157. The highest BCUT2D eigenvalue weighted by atomic mass is 19.3. The Morgan fingerprint density at radius 2 is 2.19 bits per heavy atom. The molecule has 1 rings (SSSR count). The molecule has 0 heterocycles. The van der Waals surface area contributed by atoms with Crippen molar-refractivity contribution >= 4 is 5.91 Å². The first kappa shape index (κ1) is 13.4. The van der Waals surface area contributed by atoms with E-state index in [-0.39, 0.29) is 23.8 Å². The monoisotopic (exact) mass is 234 g/mol. The minimum Gasteiger partial charge on any atom is -0.350 e. The quantitative estimate of drug-likeness (QED) is 0.775. The smallest absolute Gasteiger partial charge is 0.255 e. The molecule has 0 radical (unpaired) electrons. The predicted octanol–water partition coefficient (Wildman–Crippen LogP) is 1.52. The molecule has 0 aromatic carbocycles. The zero-order chi connectivity index (χ0) is 12.1. The topological polar surface area (TPSA) is 55.1 Å². The number of halogens is 2. The minimum absolute atomic E-state index is 0.157. The zero-order valence-electron chi connectivity index (χ0n) is 9.59. The summed E-state index contributed by atoms with van der Waals surface area (Å²) in [4.78, 5) is 11.6. The van der Waals surface area contributed by atoms with Crippen LogP contribution in [0.2, 0.25) is 0 Å². The molecule has 3 unspecified atom stereocenters. The molecule has 0 aromatic rings. The van der Waals surface area contributed by atoms with Crippen molar-refractivity contribution in [1.82, 2.24) is 5.32 Å². The Bertz CT molecular complexity index is 236. The lowest BCUT2D eigenvalue weighted by Crippen LogP contribution is -2.39. The van der Waals surface area contributed by atoms with Gasteiger partial charge in [-0.3, -0.25) is 4.79 Å². The van der Waals surface area contributed by atoms with Gasteiger partial charge >= 0.3 is 0 Å². The standard InChI is InChI=1S/C11H20F2N2O/c1-7(11(16)15-6-10(12)13)8-3-2-4-9(14)5-8/h7-10H,2-6,14H2,1H3,(H,15,16). The summed E-state index contributed by atoms with van der Waals surface area (Å²) in [5, 5.41) is 2.26. The van der Waals surface area contributed by atoms with Gasteiger partial charge in [0.15, 0.2) is 0 Å². The van der Waals surface area contributed by atoms with Crippen molar-refractivity contribution < 1.29 is 13.6 Å². The van der Waals surface area contributed by atoms with Crippen LogP contribution in [0.25, 0.3) is 0 Å². The normalized spacial score (nSPS) is 27.8. The van der Waals surface area contributed by atoms with Gasteiger partial charge in [-0.05, 0) is 25.2 Å². The summed E-state index contributed by atoms with van der Waals surface area (Å²) in [6.07, 6.45) is 1.34. The molecule has 5 heteroatoms. The Hall–Kier alpha value is -0.710. The maximum absolute atomic E-state index is 11.9. The van der Waals surface area contributed by atoms with Crippen LogP contribution < -0.4 is 11.1 Å². The average molecular weight is 234 g/mol. The maximum Gasteiger partial charge on any atom is 0.255 e. The van der Waals surface area contributed by atoms with Crippen LogP contribution in [0.1, 0.15) is 32.6 Å². The number of carbonyl (C=O) groups is 1. The van der Waals surface area contributed by atoms with Gasteiger partial charge in [0.2, 0.25) is 5.91 Å². The summed E-state index contributed by atoms with van der Waals surface area (Å²) in [5.74, 6) is -0.258. The molecule has 0 aromatic heterocycles. The number of hydrogen-bond acceptors (Lipinski definition) is 2. The number of amides is 1. The van der Waals surface area contributed by atoms with Gasteiger partial charge in [0.05, 0.1) is 6.54 Å². The molecule has 1 saturated carbocycles. The number of carbonyl (C=O) groups excluding carboxylic acids is 1. The summed E-state index contributed by atoms with van der Waals surface area (Å²) < 4.78 is 23.9. The molecule has 1 aliphatic carbocycles. The molecule has 0 saturated heterocycles. The van der Waals surface area contributed by atoms with Gasteiger partial charge in [0.1, 0.15) is 0 Å². The van der Waals surface area contributed by atoms with E-state index in [9.17, 15) is 13.6 Å². The van der Waals surface area contributed by atoms with Gasteiger partial charge in [0, 0.05) is 12.0 Å². The lowest BCUT2D eigenvalue weighted by Gasteiger charge is -2.30. The molecule has 0 aliphatic heterocycles. The fourth-order valence-corrected chi connectivity index (χ4v) is 2.27. The van der Waals surface area contributed by atoms with Crippen LogP contribution in [0, 0.1) is 11.8 Å². The molecule has 1 amide bonds. The van der Waals surface area contributed by atoms with Gasteiger partial charge in [0.25, 0.3) is 6.43 Å². The van der Waals surface area contributed by atoms with Gasteiger partial charge in [-0.2, -0.15) is 0 Å². The summed E-state index contributed by atoms with van der Waals surface area (Å²) >= 11 is 0. The third kappa shape index (κ3) is 4.04. The first-order valence-electron chi connectivity index (χ1n) is 5.82. The van der Waals surface area contributed by atoms with Crippen LogP contribution in [0.5, 0.6) is 0 Å². The van der Waals surface area contributed by atoms with Crippen LogP contribution >= 0.6 is 0 Å². The fourth-order valence-electron chi connectivity index (χ4n) is 2.27. The van der Waals surface area contributed by atoms with E-state index < -0.39 is 13.0 Å². The summed E-state index contributed by atoms with van der Waals surface area (Å²) in [6.45, 7) is 1.24. The number of rotatable bonds is 4. The highest BCUT2D eigenvalue weighted by molar-refractivity contribution is 5.78. The van der Waals surface area contributed by atoms with Gasteiger partial charge < -0.3 is 11.1 Å². The van der Waals surface area contributed by atoms with Gasteiger partial charge in [-0.25, -0.2) is 8.78 Å². The van der Waals surface area contributed by atoms with Crippen molar-refractivity contribution in [3.05, 3.63) is 0 Å². The van der Waals surface area contributed by atoms with E-state index in [0.29, 0.717) is 0 Å². The second kappa shape index (κ2) is 6.13. The van der Waals surface area contributed by atoms with Crippen LogP contribution in [0.4, 0.5) is 8.78 Å². The van der Waals surface area contributed by atoms with Crippen LogP contribution in [-0.4, -0.2) is 24.9 Å². The zero-order valence-corrected chi connectivity index (χ0v) is 9.59. The van der Waals surface area contributed by atoms with E-state index >= 15 is 0 Å². The van der Waals surface area contributed by atoms with Gasteiger partial charge in [-0.15, -0.1) is 0 Å². The fraction of sp³-hybridized carbons (Fsp3) is 0.909. The van der Waals surface area contributed by atoms with E-state index in [1.807, 2.05) is 0 Å². The highest BCUT2D eigenvalue weighted by Crippen LogP contribution is 2.29. The molecule has 0 spiro atoms. The molecule has 3 N–H and O–H groups in total. The number of alkyl halides is 2. The average Bonchev–Trinajstić information content (AvgIpc) is 2.24. The lowest BCUT2D eigenvalue weighted by atomic mass is 9.78. The van der Waals surface area contributed by atoms with Crippen molar-refractivity contribution in [3.8, 4) is 0 Å². The number of hydrogen-bond donors (Lipinski definition) is 2. The Kier molecular flexibility index (Phi) is 5.12. The molecule has 1 aliphatic rings. The van der Waals surface area contributed by atoms with Crippen molar-refractivity contribution in [2.75, 3.05) is 6.54 Å². The van der Waals surface area contributed by atoms with Crippen LogP contribution in [-0.2, 0) is 4.79 Å². The van der Waals surface area contributed by atoms with Crippen molar-refractivity contribution in [2.24, 2.45) is 17.6 Å². The van der Waals surface area contributed by atoms with E-state index in [1.54, 1.807) is 6.92 Å². The molecule has 16 heavy (non-hydrogen) atoms. The van der Waals surface area contributed by atoms with Crippen molar-refractivity contribution in [1.29, 1.82) is 0 Å². The molecule has 3 atom stereocenters. The first-order valence-corrected chi connectivity index (χ1v) is 5.82. The van der Waals surface area contributed by atoms with E-state index in [2.05, 4.69) is 5.32 Å². The molecule has 3 nitrogen and oxygen atoms in total. The Balaban J connectivity index is 2.37. The largest absolute Gasteiger partial charge is 0.350 e. The van der Waals surface area contributed by atoms with Crippen LogP contribution in [0.15, 0.2) is 0 Å². The maximum atomic E-state index is 11.9. The molecule has 0 bridgehead atoms. The first-order chi connectivity index (χ1) is 7.50. The highest BCUT2D eigenvalue weighted by Gasteiger charge is 2.28. The number of nitrogens with two attached hydrogens (primary N) is 1. The molecular weight excluding hydrogens is 214 g/mol. The second-order valence-electron chi connectivity index (χ2n) is 4.61. The second-order valence-corrected chi connectivity index (χ2v) is 4.61. The van der Waals surface area contributed by atoms with Crippen LogP contribution in [0.3, 0.4) is 0 Å². The Morgan fingerprint density at radius 3 is 2.75 bits per heavy atom. The summed E-state index contributed by atoms with van der Waals surface area (Å²) in [5.41, 5.74) is 5.83.